The molecule has 0 saturated heterocycles. The van der Waals surface area contributed by atoms with Gasteiger partial charge in [0.2, 0.25) is 0 Å². The molecule has 1 amide bonds. The van der Waals surface area contributed by atoms with Crippen molar-refractivity contribution in [3.05, 3.63) is 56.8 Å². The smallest absolute Gasteiger partial charge is 0.339 e. The quantitative estimate of drug-likeness (QED) is 0.629. The first-order chi connectivity index (χ1) is 13.3. The summed E-state index contributed by atoms with van der Waals surface area (Å²) in [4.78, 5) is 39.8. The predicted octanol–water partition coefficient (Wildman–Crippen LogP) is 3.47. The van der Waals surface area contributed by atoms with Crippen molar-refractivity contribution in [1.82, 2.24) is 10.3 Å². The van der Waals surface area contributed by atoms with E-state index < -0.39 is 23.9 Å². The molecular weight excluding hydrogens is 428 g/mol. The number of nitrogens with one attached hydrogen (secondary N) is 2. The van der Waals surface area contributed by atoms with Gasteiger partial charge in [0.05, 0.1) is 32.2 Å². The van der Waals surface area contributed by atoms with Crippen LogP contribution < -0.4 is 5.32 Å². The first-order valence-corrected chi connectivity index (χ1v) is 9.54. The molecule has 0 aliphatic heterocycles. The van der Waals surface area contributed by atoms with Crippen LogP contribution in [0.15, 0.2) is 28.7 Å². The molecule has 0 spiro atoms. The van der Waals surface area contributed by atoms with Crippen LogP contribution in [0.5, 0.6) is 0 Å². The fourth-order valence-corrected chi connectivity index (χ4v) is 3.22. The topological polar surface area (TPSA) is 97.5 Å². The van der Waals surface area contributed by atoms with E-state index in [2.05, 4.69) is 26.2 Å². The van der Waals surface area contributed by atoms with Gasteiger partial charge in [-0.3, -0.25) is 9.59 Å². The first-order valence-electron chi connectivity index (χ1n) is 8.75. The molecule has 1 heterocycles. The van der Waals surface area contributed by atoms with Gasteiger partial charge in [0.15, 0.2) is 0 Å². The number of esters is 2. The summed E-state index contributed by atoms with van der Waals surface area (Å²) in [5.74, 6) is -1.36. The number of amides is 1. The van der Waals surface area contributed by atoms with E-state index in [1.165, 1.54) is 14.2 Å². The van der Waals surface area contributed by atoms with Crippen molar-refractivity contribution >= 4 is 33.8 Å². The second kappa shape index (κ2) is 9.54. The van der Waals surface area contributed by atoms with E-state index in [1.54, 1.807) is 6.92 Å². The van der Waals surface area contributed by atoms with Gasteiger partial charge in [-0.05, 0) is 36.6 Å². The number of rotatable bonds is 7. The highest BCUT2D eigenvalue weighted by atomic mass is 79.9. The summed E-state index contributed by atoms with van der Waals surface area (Å²) in [5.41, 5.74) is 2.53. The molecule has 2 aromatic rings. The highest BCUT2D eigenvalue weighted by Gasteiger charge is 2.26. The standard InChI is InChI=1S/C20H23BrN2O5/c1-5-14-17(20(26)28-4)11(2)18(22-14)19(25)23-15(10-16(24)27-3)12-6-8-13(21)9-7-12/h6-9,15,22H,5,10H2,1-4H3,(H,23,25). The molecular formula is C20H23BrN2O5. The Hall–Kier alpha value is -2.61. The van der Waals surface area contributed by atoms with Crippen molar-refractivity contribution in [3.8, 4) is 0 Å². The Balaban J connectivity index is 2.35. The van der Waals surface area contributed by atoms with E-state index >= 15 is 0 Å². The Morgan fingerprint density at radius 1 is 1.14 bits per heavy atom. The van der Waals surface area contributed by atoms with Crippen LogP contribution in [0.1, 0.15) is 57.1 Å². The van der Waals surface area contributed by atoms with Crippen LogP contribution in [0.2, 0.25) is 0 Å². The number of hydrogen-bond donors (Lipinski definition) is 2. The minimum Gasteiger partial charge on any atom is -0.469 e. The van der Waals surface area contributed by atoms with Gasteiger partial charge in [-0.1, -0.05) is 35.0 Å². The molecule has 2 N–H and O–H groups in total. The van der Waals surface area contributed by atoms with Crippen molar-refractivity contribution in [3.63, 3.8) is 0 Å². The molecule has 0 aliphatic carbocycles. The normalized spacial score (nSPS) is 11.6. The van der Waals surface area contributed by atoms with E-state index in [0.29, 0.717) is 23.2 Å². The molecule has 0 fully saturated rings. The van der Waals surface area contributed by atoms with Crippen LogP contribution in [-0.4, -0.2) is 37.0 Å². The van der Waals surface area contributed by atoms with E-state index in [-0.39, 0.29) is 12.1 Å². The average molecular weight is 451 g/mol. The molecule has 7 nitrogen and oxygen atoms in total. The van der Waals surface area contributed by atoms with Crippen molar-refractivity contribution in [2.45, 2.75) is 32.7 Å². The van der Waals surface area contributed by atoms with E-state index in [9.17, 15) is 14.4 Å². The van der Waals surface area contributed by atoms with Crippen molar-refractivity contribution in [2.75, 3.05) is 14.2 Å². The number of halogens is 1. The number of carbonyl (C=O) groups is 3. The van der Waals surface area contributed by atoms with Gasteiger partial charge < -0.3 is 19.8 Å². The molecule has 0 aliphatic rings. The maximum Gasteiger partial charge on any atom is 0.339 e. The number of aryl methyl sites for hydroxylation is 1. The van der Waals surface area contributed by atoms with Gasteiger partial charge in [0, 0.05) is 10.2 Å². The summed E-state index contributed by atoms with van der Waals surface area (Å²) in [6.45, 7) is 3.56. The Bertz CT molecular complexity index is 873. The molecule has 1 aromatic carbocycles. The Morgan fingerprint density at radius 3 is 2.32 bits per heavy atom. The van der Waals surface area contributed by atoms with Gasteiger partial charge in [-0.25, -0.2) is 4.79 Å². The third-order valence-electron chi connectivity index (χ3n) is 4.47. The molecule has 1 unspecified atom stereocenters. The number of methoxy groups -OCH3 is 2. The summed E-state index contributed by atoms with van der Waals surface area (Å²) in [6.07, 6.45) is 0.519. The lowest BCUT2D eigenvalue weighted by Gasteiger charge is -2.18. The van der Waals surface area contributed by atoms with Gasteiger partial charge in [-0.15, -0.1) is 0 Å². The number of carbonyl (C=O) groups excluding carboxylic acids is 3. The van der Waals surface area contributed by atoms with E-state index in [1.807, 2.05) is 31.2 Å². The molecule has 150 valence electrons. The number of ether oxygens (including phenoxy) is 2. The van der Waals surface area contributed by atoms with Crippen LogP contribution in [0.25, 0.3) is 0 Å². The summed E-state index contributed by atoms with van der Waals surface area (Å²) >= 11 is 3.37. The Kier molecular flexibility index (Phi) is 7.39. The Labute approximate surface area is 171 Å². The van der Waals surface area contributed by atoms with Crippen molar-refractivity contribution < 1.29 is 23.9 Å². The molecule has 0 bridgehead atoms. The van der Waals surface area contributed by atoms with Crippen molar-refractivity contribution in [2.24, 2.45) is 0 Å². The monoisotopic (exact) mass is 450 g/mol. The largest absolute Gasteiger partial charge is 0.469 e. The van der Waals surface area contributed by atoms with Gasteiger partial charge in [0.25, 0.3) is 5.91 Å². The van der Waals surface area contributed by atoms with Gasteiger partial charge >= 0.3 is 11.9 Å². The summed E-state index contributed by atoms with van der Waals surface area (Å²) in [6, 6.07) is 6.71. The molecule has 28 heavy (non-hydrogen) atoms. The fraction of sp³-hybridized carbons (Fsp3) is 0.350. The zero-order chi connectivity index (χ0) is 20.8. The highest BCUT2D eigenvalue weighted by molar-refractivity contribution is 9.10. The average Bonchev–Trinajstić information content (AvgIpc) is 3.03. The fourth-order valence-electron chi connectivity index (χ4n) is 2.96. The maximum absolute atomic E-state index is 12.9. The number of H-pyrrole nitrogens is 1. The van der Waals surface area contributed by atoms with Crippen LogP contribution >= 0.6 is 15.9 Å². The first kappa shape index (κ1) is 21.7. The van der Waals surface area contributed by atoms with Crippen LogP contribution in [0.4, 0.5) is 0 Å². The summed E-state index contributed by atoms with van der Waals surface area (Å²) in [5, 5.41) is 2.86. The molecule has 2 rings (SSSR count). The molecule has 1 atom stereocenters. The van der Waals surface area contributed by atoms with Crippen molar-refractivity contribution in [1.29, 1.82) is 0 Å². The minimum absolute atomic E-state index is 0.0197. The second-order valence-corrected chi connectivity index (χ2v) is 7.10. The van der Waals surface area contributed by atoms with Gasteiger partial charge in [0.1, 0.15) is 5.69 Å². The summed E-state index contributed by atoms with van der Waals surface area (Å²) < 4.78 is 10.5. The lowest BCUT2D eigenvalue weighted by molar-refractivity contribution is -0.141. The van der Waals surface area contributed by atoms with E-state index in [0.717, 1.165) is 10.0 Å². The number of aromatic amines is 1. The van der Waals surface area contributed by atoms with Crippen LogP contribution in [-0.2, 0) is 20.7 Å². The second-order valence-electron chi connectivity index (χ2n) is 6.18. The highest BCUT2D eigenvalue weighted by Crippen LogP contribution is 2.24. The predicted molar refractivity (Wildman–Crippen MR) is 107 cm³/mol. The zero-order valence-electron chi connectivity index (χ0n) is 16.2. The summed E-state index contributed by atoms with van der Waals surface area (Å²) in [7, 11) is 2.60. The van der Waals surface area contributed by atoms with Gasteiger partial charge in [-0.2, -0.15) is 0 Å². The number of aromatic nitrogens is 1. The minimum atomic E-state index is -0.581. The lowest BCUT2D eigenvalue weighted by atomic mass is 10.0. The number of benzene rings is 1. The van der Waals surface area contributed by atoms with Crippen LogP contribution in [0.3, 0.4) is 0 Å². The Morgan fingerprint density at radius 2 is 1.79 bits per heavy atom. The molecule has 0 saturated carbocycles. The molecule has 8 heteroatoms. The van der Waals surface area contributed by atoms with E-state index in [4.69, 9.17) is 9.47 Å². The zero-order valence-corrected chi connectivity index (χ0v) is 17.8. The lowest BCUT2D eigenvalue weighted by Crippen LogP contribution is -2.31. The molecule has 0 radical (unpaired) electrons. The third kappa shape index (κ3) is 4.81. The molecule has 1 aromatic heterocycles. The maximum atomic E-state index is 12.9. The third-order valence-corrected chi connectivity index (χ3v) is 5.00. The number of hydrogen-bond acceptors (Lipinski definition) is 5. The SMILES string of the molecule is CCc1[nH]c(C(=O)NC(CC(=O)OC)c2ccc(Br)cc2)c(C)c1C(=O)OC. The van der Waals surface area contributed by atoms with Crippen LogP contribution in [0, 0.1) is 6.92 Å².